The first-order chi connectivity index (χ1) is 11.6. The molecule has 24 heavy (non-hydrogen) atoms. The third-order valence-electron chi connectivity index (χ3n) is 4.14. The van der Waals surface area contributed by atoms with Crippen molar-refractivity contribution in [2.45, 2.75) is 19.8 Å². The maximum absolute atomic E-state index is 12.6. The molecule has 0 fully saturated rings. The summed E-state index contributed by atoms with van der Waals surface area (Å²) < 4.78 is 15.9. The van der Waals surface area contributed by atoms with Crippen molar-refractivity contribution in [2.24, 2.45) is 5.92 Å². The van der Waals surface area contributed by atoms with Gasteiger partial charge < -0.3 is 18.9 Å². The number of methoxy groups -OCH3 is 1. The van der Waals surface area contributed by atoms with Crippen molar-refractivity contribution in [1.29, 1.82) is 0 Å². The lowest BCUT2D eigenvalue weighted by Gasteiger charge is -2.28. The molecule has 0 radical (unpaired) electrons. The number of aryl methyl sites for hydroxylation is 1. The minimum absolute atomic E-state index is 0.0590. The van der Waals surface area contributed by atoms with Gasteiger partial charge >= 0.3 is 0 Å². The normalized spacial score (nSPS) is 16.2. The van der Waals surface area contributed by atoms with Crippen molar-refractivity contribution in [1.82, 2.24) is 15.0 Å². The summed E-state index contributed by atoms with van der Waals surface area (Å²) in [5.41, 5.74) is 1.00. The summed E-state index contributed by atoms with van der Waals surface area (Å²) in [6.07, 6.45) is 1.22. The zero-order chi connectivity index (χ0) is 17.1. The SMILES string of the molecule is COc1ccc2c(c1)CC(C(=O)N(C)CCc1noc(C)n1)CO2. The van der Waals surface area contributed by atoms with Crippen molar-refractivity contribution in [3.8, 4) is 11.5 Å². The maximum Gasteiger partial charge on any atom is 0.229 e. The molecule has 0 bridgehead atoms. The lowest BCUT2D eigenvalue weighted by Crippen LogP contribution is -2.39. The number of carbonyl (C=O) groups excluding carboxylic acids is 1. The smallest absolute Gasteiger partial charge is 0.229 e. The number of fused-ring (bicyclic) bond motifs is 1. The summed E-state index contributed by atoms with van der Waals surface area (Å²) >= 11 is 0. The van der Waals surface area contributed by atoms with Crippen LogP contribution in [0.3, 0.4) is 0 Å². The van der Waals surface area contributed by atoms with Crippen LogP contribution in [0.4, 0.5) is 0 Å². The summed E-state index contributed by atoms with van der Waals surface area (Å²) in [5, 5.41) is 3.85. The Hall–Kier alpha value is -2.57. The maximum atomic E-state index is 12.6. The van der Waals surface area contributed by atoms with Gasteiger partial charge in [-0.05, 0) is 30.2 Å². The summed E-state index contributed by atoms with van der Waals surface area (Å²) in [7, 11) is 3.41. The first-order valence-electron chi connectivity index (χ1n) is 7.90. The van der Waals surface area contributed by atoms with Crippen LogP contribution in [0.2, 0.25) is 0 Å². The topological polar surface area (TPSA) is 77.7 Å². The molecule has 1 amide bonds. The van der Waals surface area contributed by atoms with Gasteiger partial charge in [-0.3, -0.25) is 4.79 Å². The number of nitrogens with zero attached hydrogens (tertiary/aromatic N) is 3. The van der Waals surface area contributed by atoms with Crippen molar-refractivity contribution in [3.63, 3.8) is 0 Å². The predicted octanol–water partition coefficient (Wildman–Crippen LogP) is 1.64. The van der Waals surface area contributed by atoms with Crippen LogP contribution in [0.5, 0.6) is 11.5 Å². The fourth-order valence-corrected chi connectivity index (χ4v) is 2.79. The van der Waals surface area contributed by atoms with Crippen LogP contribution >= 0.6 is 0 Å². The van der Waals surface area contributed by atoms with E-state index in [0.717, 1.165) is 17.1 Å². The van der Waals surface area contributed by atoms with E-state index in [2.05, 4.69) is 10.1 Å². The summed E-state index contributed by atoms with van der Waals surface area (Å²) in [6.45, 7) is 2.68. The Balaban J connectivity index is 1.60. The van der Waals surface area contributed by atoms with Gasteiger partial charge in [0.15, 0.2) is 5.82 Å². The van der Waals surface area contributed by atoms with E-state index in [9.17, 15) is 4.79 Å². The highest BCUT2D eigenvalue weighted by molar-refractivity contribution is 5.79. The van der Waals surface area contributed by atoms with E-state index in [0.29, 0.717) is 37.7 Å². The van der Waals surface area contributed by atoms with Gasteiger partial charge in [0.1, 0.15) is 18.1 Å². The number of benzene rings is 1. The monoisotopic (exact) mass is 331 g/mol. The molecule has 0 saturated heterocycles. The molecule has 1 aromatic carbocycles. The second kappa shape index (κ2) is 6.90. The number of hydrogen-bond acceptors (Lipinski definition) is 6. The molecule has 7 heteroatoms. The second-order valence-corrected chi connectivity index (χ2v) is 5.93. The van der Waals surface area contributed by atoms with Crippen LogP contribution in [-0.4, -0.2) is 48.3 Å². The van der Waals surface area contributed by atoms with Crippen LogP contribution in [0.25, 0.3) is 0 Å². The third-order valence-corrected chi connectivity index (χ3v) is 4.14. The second-order valence-electron chi connectivity index (χ2n) is 5.93. The molecule has 0 aliphatic carbocycles. The molecule has 7 nitrogen and oxygen atoms in total. The molecule has 2 heterocycles. The van der Waals surface area contributed by atoms with Crippen molar-refractivity contribution in [2.75, 3.05) is 27.3 Å². The van der Waals surface area contributed by atoms with Crippen molar-refractivity contribution >= 4 is 5.91 Å². The quantitative estimate of drug-likeness (QED) is 0.829. The van der Waals surface area contributed by atoms with E-state index in [4.69, 9.17) is 14.0 Å². The number of hydrogen-bond donors (Lipinski definition) is 0. The predicted molar refractivity (Wildman–Crippen MR) is 86.1 cm³/mol. The number of likely N-dealkylation sites (N-methyl/N-ethyl adjacent to an activating group) is 1. The summed E-state index contributed by atoms with van der Waals surface area (Å²) in [6, 6.07) is 5.67. The first kappa shape index (κ1) is 16.3. The summed E-state index contributed by atoms with van der Waals surface area (Å²) in [4.78, 5) is 18.5. The molecular weight excluding hydrogens is 310 g/mol. The van der Waals surface area contributed by atoms with E-state index in [1.165, 1.54) is 0 Å². The van der Waals surface area contributed by atoms with Crippen LogP contribution in [0, 0.1) is 12.8 Å². The van der Waals surface area contributed by atoms with E-state index in [1.54, 1.807) is 26.0 Å². The molecule has 1 aliphatic heterocycles. The minimum Gasteiger partial charge on any atom is -0.497 e. The van der Waals surface area contributed by atoms with Gasteiger partial charge in [0.05, 0.1) is 13.0 Å². The van der Waals surface area contributed by atoms with Gasteiger partial charge in [-0.1, -0.05) is 5.16 Å². The Labute approximate surface area is 140 Å². The molecule has 3 rings (SSSR count). The summed E-state index contributed by atoms with van der Waals surface area (Å²) in [5.74, 6) is 2.61. The highest BCUT2D eigenvalue weighted by Crippen LogP contribution is 2.31. The molecule has 0 saturated carbocycles. The Bertz CT molecular complexity index is 728. The minimum atomic E-state index is -0.193. The van der Waals surface area contributed by atoms with Crippen LogP contribution in [0.15, 0.2) is 22.7 Å². The fraction of sp³-hybridized carbons (Fsp3) is 0.471. The molecule has 128 valence electrons. The van der Waals surface area contributed by atoms with Gasteiger partial charge in [0.2, 0.25) is 11.8 Å². The van der Waals surface area contributed by atoms with E-state index in [1.807, 2.05) is 18.2 Å². The van der Waals surface area contributed by atoms with Gasteiger partial charge in [-0.2, -0.15) is 4.98 Å². The van der Waals surface area contributed by atoms with Gasteiger partial charge in [-0.25, -0.2) is 0 Å². The fourth-order valence-electron chi connectivity index (χ4n) is 2.79. The van der Waals surface area contributed by atoms with Gasteiger partial charge in [0.25, 0.3) is 0 Å². The van der Waals surface area contributed by atoms with Crippen LogP contribution in [-0.2, 0) is 17.6 Å². The lowest BCUT2D eigenvalue weighted by molar-refractivity contribution is -0.135. The lowest BCUT2D eigenvalue weighted by atomic mass is 9.95. The largest absolute Gasteiger partial charge is 0.497 e. The van der Waals surface area contributed by atoms with E-state index in [-0.39, 0.29) is 11.8 Å². The Morgan fingerprint density at radius 1 is 1.46 bits per heavy atom. The average molecular weight is 331 g/mol. The Morgan fingerprint density at radius 3 is 3.00 bits per heavy atom. The molecule has 1 aromatic heterocycles. The number of ether oxygens (including phenoxy) is 2. The Kier molecular flexibility index (Phi) is 4.69. The van der Waals surface area contributed by atoms with E-state index < -0.39 is 0 Å². The van der Waals surface area contributed by atoms with Gasteiger partial charge in [-0.15, -0.1) is 0 Å². The highest BCUT2D eigenvalue weighted by atomic mass is 16.5. The first-order valence-corrected chi connectivity index (χ1v) is 7.90. The zero-order valence-electron chi connectivity index (χ0n) is 14.1. The molecule has 1 aliphatic rings. The Morgan fingerprint density at radius 2 is 2.29 bits per heavy atom. The standard InChI is InChI=1S/C17H21N3O4/c1-11-18-16(19-24-11)6-7-20(2)17(21)13-8-12-9-14(22-3)4-5-15(12)23-10-13/h4-5,9,13H,6-8,10H2,1-3H3. The van der Waals surface area contributed by atoms with Crippen molar-refractivity contribution < 1.29 is 18.8 Å². The number of rotatable bonds is 5. The highest BCUT2D eigenvalue weighted by Gasteiger charge is 2.28. The molecule has 0 spiro atoms. The number of carbonyl (C=O) groups is 1. The van der Waals surface area contributed by atoms with Crippen LogP contribution in [0.1, 0.15) is 17.3 Å². The molecule has 0 N–H and O–H groups in total. The molecule has 1 atom stereocenters. The number of aromatic nitrogens is 2. The zero-order valence-corrected chi connectivity index (χ0v) is 14.1. The molecule has 1 unspecified atom stereocenters. The van der Waals surface area contributed by atoms with Crippen LogP contribution < -0.4 is 9.47 Å². The van der Waals surface area contributed by atoms with E-state index >= 15 is 0 Å². The van der Waals surface area contributed by atoms with Crippen molar-refractivity contribution in [3.05, 3.63) is 35.5 Å². The van der Waals surface area contributed by atoms with Gasteiger partial charge in [0, 0.05) is 26.9 Å². The molecular formula is C17H21N3O4. The third kappa shape index (κ3) is 3.50. The number of amides is 1. The molecule has 2 aromatic rings. The average Bonchev–Trinajstić information content (AvgIpc) is 3.03.